The van der Waals surface area contributed by atoms with Gasteiger partial charge in [0.05, 0.1) is 16.8 Å². The minimum Gasteiger partial charge on any atom is -0.276 e. The fourth-order valence-corrected chi connectivity index (χ4v) is 1.21. The lowest BCUT2D eigenvalue weighted by Crippen LogP contribution is -2.05. The van der Waals surface area contributed by atoms with Crippen molar-refractivity contribution >= 4 is 16.8 Å². The van der Waals surface area contributed by atoms with Crippen molar-refractivity contribution in [1.29, 1.82) is 5.26 Å². The van der Waals surface area contributed by atoms with E-state index in [-0.39, 0.29) is 11.3 Å². The number of nitriles is 1. The quantitative estimate of drug-likeness (QED) is 0.734. The molecule has 0 fully saturated rings. The van der Waals surface area contributed by atoms with Crippen LogP contribution in [0, 0.1) is 18.3 Å². The first-order valence-electron chi connectivity index (χ1n) is 3.87. The smallest absolute Gasteiger partial charge is 0.276 e. The van der Waals surface area contributed by atoms with E-state index in [0.717, 1.165) is 6.07 Å². The standard InChI is InChI=1S/C9H5ClF2N2O/c1-4-5(3-13)2-6(8(10)15)7(14-4)9(11)12/h2,9H,1H3. The molecule has 0 spiro atoms. The van der Waals surface area contributed by atoms with E-state index in [4.69, 9.17) is 16.9 Å². The molecular weight excluding hydrogens is 226 g/mol. The summed E-state index contributed by atoms with van der Waals surface area (Å²) in [6.07, 6.45) is -2.89. The van der Waals surface area contributed by atoms with Crippen LogP contribution in [0.15, 0.2) is 6.07 Å². The number of pyridine rings is 1. The predicted molar refractivity (Wildman–Crippen MR) is 48.8 cm³/mol. The molecule has 1 aromatic rings. The fraction of sp³-hybridized carbons (Fsp3) is 0.222. The van der Waals surface area contributed by atoms with Crippen molar-refractivity contribution in [3.8, 4) is 6.07 Å². The summed E-state index contributed by atoms with van der Waals surface area (Å²) in [4.78, 5) is 14.3. The Bertz CT molecular complexity index is 454. The minimum atomic E-state index is -2.89. The van der Waals surface area contributed by atoms with E-state index in [1.54, 1.807) is 6.07 Å². The van der Waals surface area contributed by atoms with Gasteiger partial charge in [-0.1, -0.05) is 0 Å². The molecule has 3 nitrogen and oxygen atoms in total. The second-order valence-electron chi connectivity index (χ2n) is 2.74. The number of aryl methyl sites for hydroxylation is 1. The third-order valence-corrected chi connectivity index (χ3v) is 1.99. The maximum atomic E-state index is 12.4. The molecular formula is C9H5ClF2N2O. The molecule has 15 heavy (non-hydrogen) atoms. The van der Waals surface area contributed by atoms with Crippen LogP contribution in [0.5, 0.6) is 0 Å². The van der Waals surface area contributed by atoms with Gasteiger partial charge in [-0.15, -0.1) is 0 Å². The maximum Gasteiger partial charge on any atom is 0.281 e. The molecule has 0 aliphatic heterocycles. The fourth-order valence-electron chi connectivity index (χ4n) is 1.06. The molecule has 0 saturated heterocycles. The summed E-state index contributed by atoms with van der Waals surface area (Å²) in [6, 6.07) is 2.77. The second kappa shape index (κ2) is 4.32. The van der Waals surface area contributed by atoms with Crippen LogP contribution in [-0.4, -0.2) is 10.2 Å². The van der Waals surface area contributed by atoms with Gasteiger partial charge in [0.25, 0.3) is 11.7 Å². The van der Waals surface area contributed by atoms with Gasteiger partial charge in [-0.3, -0.25) is 4.79 Å². The summed E-state index contributed by atoms with van der Waals surface area (Å²) < 4.78 is 24.9. The number of hydrogen-bond donors (Lipinski definition) is 0. The van der Waals surface area contributed by atoms with Crippen molar-refractivity contribution in [2.24, 2.45) is 0 Å². The molecule has 0 aromatic carbocycles. The zero-order valence-electron chi connectivity index (χ0n) is 7.59. The summed E-state index contributed by atoms with van der Waals surface area (Å²) in [5, 5.41) is 7.58. The largest absolute Gasteiger partial charge is 0.281 e. The molecule has 0 radical (unpaired) electrons. The Labute approximate surface area is 89.3 Å². The highest BCUT2D eigenvalue weighted by atomic mass is 35.5. The lowest BCUT2D eigenvalue weighted by Gasteiger charge is -2.06. The maximum absolute atomic E-state index is 12.4. The van der Waals surface area contributed by atoms with Crippen LogP contribution >= 0.6 is 11.6 Å². The topological polar surface area (TPSA) is 53.8 Å². The van der Waals surface area contributed by atoms with Crippen LogP contribution in [0.2, 0.25) is 0 Å². The molecule has 1 heterocycles. The molecule has 0 bridgehead atoms. The van der Waals surface area contributed by atoms with Gasteiger partial charge in [0, 0.05) is 0 Å². The molecule has 6 heteroatoms. The van der Waals surface area contributed by atoms with E-state index < -0.39 is 22.9 Å². The Morgan fingerprint density at radius 3 is 2.67 bits per heavy atom. The molecule has 0 atom stereocenters. The molecule has 1 aromatic heterocycles. The summed E-state index contributed by atoms with van der Waals surface area (Å²) in [6.45, 7) is 1.41. The zero-order valence-corrected chi connectivity index (χ0v) is 8.35. The Morgan fingerprint density at radius 1 is 1.67 bits per heavy atom. The summed E-state index contributed by atoms with van der Waals surface area (Å²) in [5.74, 6) is 0. The third-order valence-electron chi connectivity index (χ3n) is 1.78. The highest BCUT2D eigenvalue weighted by Crippen LogP contribution is 2.24. The molecule has 0 N–H and O–H groups in total. The van der Waals surface area contributed by atoms with E-state index in [0.29, 0.717) is 0 Å². The monoisotopic (exact) mass is 230 g/mol. The molecule has 0 amide bonds. The van der Waals surface area contributed by atoms with Gasteiger partial charge in [0.15, 0.2) is 0 Å². The predicted octanol–water partition coefficient (Wildman–Crippen LogP) is 2.58. The van der Waals surface area contributed by atoms with Crippen LogP contribution in [0.3, 0.4) is 0 Å². The number of hydrogen-bond acceptors (Lipinski definition) is 3. The van der Waals surface area contributed by atoms with Gasteiger partial charge in [-0.2, -0.15) is 5.26 Å². The van der Waals surface area contributed by atoms with Crippen LogP contribution < -0.4 is 0 Å². The van der Waals surface area contributed by atoms with Crippen LogP contribution in [0.1, 0.15) is 33.7 Å². The number of carbonyl (C=O) groups is 1. The van der Waals surface area contributed by atoms with Crippen molar-refractivity contribution in [3.63, 3.8) is 0 Å². The Kier molecular flexibility index (Phi) is 3.32. The Morgan fingerprint density at radius 2 is 2.27 bits per heavy atom. The van der Waals surface area contributed by atoms with E-state index in [1.165, 1.54) is 6.92 Å². The molecule has 1 rings (SSSR count). The van der Waals surface area contributed by atoms with Gasteiger partial charge in [-0.05, 0) is 24.6 Å². The van der Waals surface area contributed by atoms with Crippen LogP contribution in [0.4, 0.5) is 8.78 Å². The van der Waals surface area contributed by atoms with Crippen molar-refractivity contribution in [1.82, 2.24) is 4.98 Å². The first-order chi connectivity index (χ1) is 6.97. The van der Waals surface area contributed by atoms with E-state index in [9.17, 15) is 13.6 Å². The molecule has 78 valence electrons. The van der Waals surface area contributed by atoms with Gasteiger partial charge >= 0.3 is 0 Å². The van der Waals surface area contributed by atoms with E-state index >= 15 is 0 Å². The van der Waals surface area contributed by atoms with Crippen LogP contribution in [0.25, 0.3) is 0 Å². The Hall–Kier alpha value is -1.54. The number of carbonyl (C=O) groups excluding carboxylic acids is 1. The first-order valence-corrected chi connectivity index (χ1v) is 4.24. The SMILES string of the molecule is Cc1nc(C(F)F)c(C(=O)Cl)cc1C#N. The molecule has 0 aliphatic rings. The average Bonchev–Trinajstić information content (AvgIpc) is 2.16. The molecule has 0 aliphatic carbocycles. The van der Waals surface area contributed by atoms with Crippen molar-refractivity contribution < 1.29 is 13.6 Å². The van der Waals surface area contributed by atoms with Crippen molar-refractivity contribution in [2.45, 2.75) is 13.3 Å². The number of halogens is 3. The summed E-state index contributed by atoms with van der Waals surface area (Å²) in [7, 11) is 0. The van der Waals surface area contributed by atoms with Crippen molar-refractivity contribution in [2.75, 3.05) is 0 Å². The zero-order chi connectivity index (χ0) is 11.6. The van der Waals surface area contributed by atoms with Gasteiger partial charge in [-0.25, -0.2) is 13.8 Å². The van der Waals surface area contributed by atoms with E-state index in [2.05, 4.69) is 4.98 Å². The molecule has 0 saturated carbocycles. The third kappa shape index (κ3) is 2.28. The summed E-state index contributed by atoms with van der Waals surface area (Å²) >= 11 is 5.11. The lowest BCUT2D eigenvalue weighted by molar-refractivity contribution is 0.106. The van der Waals surface area contributed by atoms with Gasteiger partial charge < -0.3 is 0 Å². The average molecular weight is 231 g/mol. The van der Waals surface area contributed by atoms with Gasteiger partial charge in [0.1, 0.15) is 11.8 Å². The van der Waals surface area contributed by atoms with E-state index in [1.807, 2.05) is 0 Å². The van der Waals surface area contributed by atoms with Crippen molar-refractivity contribution in [3.05, 3.63) is 28.6 Å². The number of rotatable bonds is 2. The first kappa shape index (κ1) is 11.5. The normalized spacial score (nSPS) is 10.1. The Balaban J connectivity index is 3.47. The minimum absolute atomic E-state index is 0.0587. The highest BCUT2D eigenvalue weighted by Gasteiger charge is 2.20. The summed E-state index contributed by atoms with van der Waals surface area (Å²) in [5.41, 5.74) is -0.904. The number of alkyl halides is 2. The molecule has 0 unspecified atom stereocenters. The lowest BCUT2D eigenvalue weighted by atomic mass is 10.1. The second-order valence-corrected chi connectivity index (χ2v) is 3.08. The number of aromatic nitrogens is 1. The highest BCUT2D eigenvalue weighted by molar-refractivity contribution is 6.67. The van der Waals surface area contributed by atoms with Gasteiger partial charge in [0.2, 0.25) is 0 Å². The van der Waals surface area contributed by atoms with Crippen LogP contribution in [-0.2, 0) is 0 Å². The number of nitrogens with zero attached hydrogens (tertiary/aromatic N) is 2.